The summed E-state index contributed by atoms with van der Waals surface area (Å²) >= 11 is 5.88. The van der Waals surface area contributed by atoms with Crippen LogP contribution in [0, 0.1) is 20.8 Å². The van der Waals surface area contributed by atoms with Gasteiger partial charge < -0.3 is 25.0 Å². The van der Waals surface area contributed by atoms with E-state index in [1.165, 1.54) is 11.3 Å². The van der Waals surface area contributed by atoms with Crippen LogP contribution in [0.4, 0.5) is 11.4 Å². The highest BCUT2D eigenvalue weighted by atomic mass is 32.1. The van der Waals surface area contributed by atoms with Crippen LogP contribution in [0.1, 0.15) is 60.6 Å². The summed E-state index contributed by atoms with van der Waals surface area (Å²) in [6.07, 6.45) is 2.13. The number of rotatable bonds is 10. The van der Waals surface area contributed by atoms with Gasteiger partial charge in [0, 0.05) is 60.7 Å². The Hall–Kier alpha value is -4.17. The van der Waals surface area contributed by atoms with Crippen LogP contribution in [-0.2, 0) is 4.79 Å². The van der Waals surface area contributed by atoms with Crippen molar-refractivity contribution in [3.05, 3.63) is 107 Å². The number of aryl methyl sites for hydroxylation is 2. The van der Waals surface area contributed by atoms with E-state index >= 15 is 0 Å². The van der Waals surface area contributed by atoms with Crippen molar-refractivity contribution in [1.29, 1.82) is 0 Å². The highest BCUT2D eigenvalue weighted by Crippen LogP contribution is 2.41. The topological polar surface area (TPSA) is 65.4 Å². The maximum absolute atomic E-state index is 13.0. The SMILES string of the molecule is CCN(CC)c1ccc(-n2c(C)cc(C3C(c4ccccn4)NC(=S)N3CCC(=O)Nc3cccc(C)c3)c2C)cc1. The van der Waals surface area contributed by atoms with Gasteiger partial charge in [0.1, 0.15) is 0 Å². The lowest BCUT2D eigenvalue weighted by Crippen LogP contribution is -2.32. The highest BCUT2D eigenvalue weighted by molar-refractivity contribution is 7.80. The third-order valence-corrected chi connectivity index (χ3v) is 8.46. The standard InChI is InChI=1S/C34H40N6OS/c1-6-38(7-2)27-14-16-28(17-15-27)40-24(4)22-29(25(40)5)33-32(30-13-8-9-19-35-30)37-34(42)39(33)20-18-31(41)36-26-12-10-11-23(3)21-26/h8-17,19,21-22,32-33H,6-7,18,20H2,1-5H3,(H,36,41)(H,37,42). The van der Waals surface area contributed by atoms with E-state index in [1.54, 1.807) is 0 Å². The molecule has 4 aromatic rings. The molecule has 2 N–H and O–H groups in total. The summed E-state index contributed by atoms with van der Waals surface area (Å²) < 4.78 is 2.31. The number of thiocarbonyl (C=S) groups is 1. The van der Waals surface area contributed by atoms with Crippen molar-refractivity contribution in [1.82, 2.24) is 19.8 Å². The summed E-state index contributed by atoms with van der Waals surface area (Å²) in [7, 11) is 0. The van der Waals surface area contributed by atoms with Gasteiger partial charge in [-0.05, 0) is 113 Å². The van der Waals surface area contributed by atoms with E-state index < -0.39 is 0 Å². The Balaban J connectivity index is 1.45. The second-order valence-corrected chi connectivity index (χ2v) is 11.2. The number of anilines is 2. The second-order valence-electron chi connectivity index (χ2n) is 10.8. The molecule has 1 saturated heterocycles. The van der Waals surface area contributed by atoms with E-state index in [0.29, 0.717) is 18.1 Å². The molecule has 1 aliphatic rings. The van der Waals surface area contributed by atoms with Crippen molar-refractivity contribution in [2.75, 3.05) is 29.9 Å². The number of carbonyl (C=O) groups is 1. The number of carbonyl (C=O) groups excluding carboxylic acids is 1. The summed E-state index contributed by atoms with van der Waals surface area (Å²) in [6, 6.07) is 24.6. The summed E-state index contributed by atoms with van der Waals surface area (Å²) in [5.74, 6) is -0.0396. The molecule has 2 atom stereocenters. The first kappa shape index (κ1) is 29.3. The molecule has 1 fully saturated rings. The molecule has 0 saturated carbocycles. The van der Waals surface area contributed by atoms with Gasteiger partial charge in [0.25, 0.3) is 0 Å². The molecule has 1 aliphatic heterocycles. The zero-order valence-electron chi connectivity index (χ0n) is 25.1. The monoisotopic (exact) mass is 580 g/mol. The number of hydrogen-bond donors (Lipinski definition) is 2. The van der Waals surface area contributed by atoms with E-state index in [4.69, 9.17) is 12.2 Å². The minimum atomic E-state index is -0.141. The molecule has 7 nitrogen and oxygen atoms in total. The van der Waals surface area contributed by atoms with Crippen LogP contribution >= 0.6 is 12.2 Å². The Morgan fingerprint density at radius 1 is 1.00 bits per heavy atom. The molecule has 218 valence electrons. The van der Waals surface area contributed by atoms with Gasteiger partial charge >= 0.3 is 0 Å². The molecule has 2 aromatic carbocycles. The first-order valence-corrected chi connectivity index (χ1v) is 15.1. The van der Waals surface area contributed by atoms with Gasteiger partial charge in [-0.2, -0.15) is 0 Å². The Morgan fingerprint density at radius 3 is 2.43 bits per heavy atom. The number of aromatic nitrogens is 2. The molecule has 8 heteroatoms. The quantitative estimate of drug-likeness (QED) is 0.205. The van der Waals surface area contributed by atoms with Gasteiger partial charge in [-0.15, -0.1) is 0 Å². The van der Waals surface area contributed by atoms with Crippen molar-refractivity contribution < 1.29 is 4.79 Å². The molecular weight excluding hydrogens is 540 g/mol. The van der Waals surface area contributed by atoms with Crippen LogP contribution < -0.4 is 15.5 Å². The molecule has 3 heterocycles. The normalized spacial score (nSPS) is 16.4. The van der Waals surface area contributed by atoms with Crippen LogP contribution in [0.15, 0.2) is 79.0 Å². The van der Waals surface area contributed by atoms with Crippen molar-refractivity contribution in [2.24, 2.45) is 0 Å². The van der Waals surface area contributed by atoms with Crippen LogP contribution in [-0.4, -0.2) is 45.1 Å². The van der Waals surface area contributed by atoms with E-state index in [0.717, 1.165) is 47.1 Å². The summed E-state index contributed by atoms with van der Waals surface area (Å²) in [5.41, 5.74) is 8.64. The molecule has 0 radical (unpaired) electrons. The van der Waals surface area contributed by atoms with E-state index in [1.807, 2.05) is 55.6 Å². The van der Waals surface area contributed by atoms with E-state index in [-0.39, 0.29) is 18.0 Å². The molecule has 5 rings (SSSR count). The number of hydrogen-bond acceptors (Lipinski definition) is 4. The van der Waals surface area contributed by atoms with Crippen LogP contribution in [0.5, 0.6) is 0 Å². The zero-order valence-corrected chi connectivity index (χ0v) is 25.9. The van der Waals surface area contributed by atoms with E-state index in [9.17, 15) is 4.79 Å². The van der Waals surface area contributed by atoms with Gasteiger partial charge in [0.15, 0.2) is 5.11 Å². The van der Waals surface area contributed by atoms with Gasteiger partial charge in [0.2, 0.25) is 5.91 Å². The van der Waals surface area contributed by atoms with Crippen molar-refractivity contribution in [3.63, 3.8) is 0 Å². The Morgan fingerprint density at radius 2 is 1.76 bits per heavy atom. The summed E-state index contributed by atoms with van der Waals surface area (Å²) in [5, 5.41) is 7.20. The predicted octanol–water partition coefficient (Wildman–Crippen LogP) is 6.65. The highest BCUT2D eigenvalue weighted by Gasteiger charge is 2.41. The summed E-state index contributed by atoms with van der Waals surface area (Å²) in [4.78, 5) is 22.2. The number of benzene rings is 2. The van der Waals surface area contributed by atoms with Crippen LogP contribution in [0.3, 0.4) is 0 Å². The van der Waals surface area contributed by atoms with Crippen molar-refractivity contribution in [2.45, 2.75) is 53.1 Å². The fraction of sp³-hybridized carbons (Fsp3) is 0.324. The minimum absolute atomic E-state index is 0.0396. The second kappa shape index (κ2) is 12.8. The molecule has 0 aliphatic carbocycles. The average Bonchev–Trinajstić information content (AvgIpc) is 3.47. The van der Waals surface area contributed by atoms with Gasteiger partial charge in [0.05, 0.1) is 17.8 Å². The zero-order chi connectivity index (χ0) is 29.8. The maximum Gasteiger partial charge on any atom is 0.226 e. The molecule has 0 spiro atoms. The predicted molar refractivity (Wildman–Crippen MR) is 175 cm³/mol. The summed E-state index contributed by atoms with van der Waals surface area (Å²) in [6.45, 7) is 13.1. The number of pyridine rings is 1. The first-order chi connectivity index (χ1) is 20.3. The molecule has 42 heavy (non-hydrogen) atoms. The molecule has 2 aromatic heterocycles. The largest absolute Gasteiger partial charge is 0.372 e. The lowest BCUT2D eigenvalue weighted by atomic mass is 9.96. The van der Waals surface area contributed by atoms with Gasteiger partial charge in [-0.1, -0.05) is 18.2 Å². The molecule has 1 amide bonds. The molecule has 2 unspecified atom stereocenters. The fourth-order valence-electron chi connectivity index (χ4n) is 6.04. The Bertz CT molecular complexity index is 1540. The smallest absolute Gasteiger partial charge is 0.226 e. The fourth-order valence-corrected chi connectivity index (χ4v) is 6.37. The van der Waals surface area contributed by atoms with Gasteiger partial charge in [-0.3, -0.25) is 9.78 Å². The van der Waals surface area contributed by atoms with Crippen molar-refractivity contribution in [3.8, 4) is 5.69 Å². The minimum Gasteiger partial charge on any atom is -0.372 e. The van der Waals surface area contributed by atoms with Crippen LogP contribution in [0.2, 0.25) is 0 Å². The van der Waals surface area contributed by atoms with Crippen molar-refractivity contribution >= 4 is 34.6 Å². The third kappa shape index (κ3) is 6.04. The third-order valence-electron chi connectivity index (χ3n) is 8.10. The maximum atomic E-state index is 13.0. The number of amides is 1. The number of nitrogens with zero attached hydrogens (tertiary/aromatic N) is 4. The first-order valence-electron chi connectivity index (χ1n) is 14.7. The molecular formula is C34H40N6OS. The van der Waals surface area contributed by atoms with Gasteiger partial charge in [-0.25, -0.2) is 0 Å². The Labute approximate surface area is 254 Å². The lowest BCUT2D eigenvalue weighted by molar-refractivity contribution is -0.116. The van der Waals surface area contributed by atoms with E-state index in [2.05, 4.69) is 88.0 Å². The van der Waals surface area contributed by atoms with Crippen LogP contribution in [0.25, 0.3) is 5.69 Å². The Kier molecular flexibility index (Phi) is 8.92. The lowest BCUT2D eigenvalue weighted by Gasteiger charge is -2.28. The molecule has 0 bridgehead atoms. The number of nitrogens with one attached hydrogen (secondary N) is 2. The average molecular weight is 581 g/mol.